The summed E-state index contributed by atoms with van der Waals surface area (Å²) in [5, 5.41) is 14.2. The van der Waals surface area contributed by atoms with Crippen LogP contribution in [0.3, 0.4) is 0 Å². The lowest BCUT2D eigenvalue weighted by atomic mass is 10.2. The lowest BCUT2D eigenvalue weighted by Crippen LogP contribution is -2.18. The van der Waals surface area contributed by atoms with Gasteiger partial charge in [0.15, 0.2) is 0 Å². The van der Waals surface area contributed by atoms with Gasteiger partial charge >= 0.3 is 0 Å². The number of carbonyl (C=O) groups excluding carboxylic acids is 1. The average molecular weight is 233 g/mol. The predicted octanol–water partition coefficient (Wildman–Crippen LogP) is 1.45. The quantitative estimate of drug-likeness (QED) is 0.485. The van der Waals surface area contributed by atoms with Gasteiger partial charge in [-0.05, 0) is 30.5 Å². The van der Waals surface area contributed by atoms with Crippen LogP contribution in [0.25, 0.3) is 0 Å². The minimum atomic E-state index is -0.463. The molecule has 0 bridgehead atoms. The van der Waals surface area contributed by atoms with E-state index in [1.54, 1.807) is 12.1 Å². The molecule has 1 aromatic carbocycles. The maximum absolute atomic E-state index is 11.2. The van der Waals surface area contributed by atoms with Crippen LogP contribution in [0.1, 0.15) is 18.4 Å². The molecule has 0 radical (unpaired) electrons. The van der Waals surface area contributed by atoms with Crippen LogP contribution in [0.15, 0.2) is 29.4 Å². The Labute approximate surface area is 97.5 Å². The van der Waals surface area contributed by atoms with E-state index in [2.05, 4.69) is 10.5 Å². The van der Waals surface area contributed by atoms with E-state index in [0.717, 1.165) is 12.8 Å². The van der Waals surface area contributed by atoms with Gasteiger partial charge in [0.25, 0.3) is 5.69 Å². The van der Waals surface area contributed by atoms with Crippen LogP contribution < -0.4 is 5.43 Å². The van der Waals surface area contributed by atoms with Crippen molar-refractivity contribution in [1.82, 2.24) is 5.43 Å². The molecule has 0 spiro atoms. The molecule has 0 heterocycles. The third-order valence-electron chi connectivity index (χ3n) is 2.44. The first kappa shape index (κ1) is 11.3. The van der Waals surface area contributed by atoms with Gasteiger partial charge in [0, 0.05) is 18.1 Å². The number of hydrogen-bond acceptors (Lipinski definition) is 4. The number of nitro groups is 1. The van der Waals surface area contributed by atoms with E-state index in [9.17, 15) is 14.9 Å². The van der Waals surface area contributed by atoms with Gasteiger partial charge in [0.05, 0.1) is 11.1 Å². The van der Waals surface area contributed by atoms with Crippen molar-refractivity contribution in [2.75, 3.05) is 0 Å². The SMILES string of the molecule is O=C(N/N=C\c1ccc([N+](=O)[O-])cc1)C1CC1. The molecule has 1 aromatic rings. The first-order chi connectivity index (χ1) is 8.16. The highest BCUT2D eigenvalue weighted by Gasteiger charge is 2.29. The van der Waals surface area contributed by atoms with Crippen molar-refractivity contribution in [1.29, 1.82) is 0 Å². The Morgan fingerprint density at radius 2 is 2.06 bits per heavy atom. The standard InChI is InChI=1S/C11H11N3O3/c15-11(9-3-4-9)13-12-7-8-1-5-10(6-2-8)14(16)17/h1-2,5-7,9H,3-4H2,(H,13,15)/b12-7-. The van der Waals surface area contributed by atoms with E-state index in [0.29, 0.717) is 5.56 Å². The molecule has 0 atom stereocenters. The average Bonchev–Trinajstić information content (AvgIpc) is 3.13. The number of hydrogen-bond donors (Lipinski definition) is 1. The van der Waals surface area contributed by atoms with E-state index < -0.39 is 4.92 Å². The van der Waals surface area contributed by atoms with Gasteiger partial charge in [0.2, 0.25) is 5.91 Å². The summed E-state index contributed by atoms with van der Waals surface area (Å²) in [6.45, 7) is 0. The number of nitrogens with zero attached hydrogens (tertiary/aromatic N) is 2. The maximum Gasteiger partial charge on any atom is 0.269 e. The summed E-state index contributed by atoms with van der Waals surface area (Å²) in [5.41, 5.74) is 3.16. The van der Waals surface area contributed by atoms with Crippen molar-refractivity contribution in [2.24, 2.45) is 11.0 Å². The van der Waals surface area contributed by atoms with Crippen molar-refractivity contribution in [3.8, 4) is 0 Å². The number of carbonyl (C=O) groups is 1. The van der Waals surface area contributed by atoms with Crippen molar-refractivity contribution in [2.45, 2.75) is 12.8 Å². The number of nitrogens with one attached hydrogen (secondary N) is 1. The number of amides is 1. The molecule has 0 unspecified atom stereocenters. The monoisotopic (exact) mass is 233 g/mol. The molecule has 0 saturated heterocycles. The van der Waals surface area contributed by atoms with Gasteiger partial charge in [-0.3, -0.25) is 14.9 Å². The number of hydrazone groups is 1. The Morgan fingerprint density at radius 1 is 1.41 bits per heavy atom. The third kappa shape index (κ3) is 3.10. The molecule has 1 amide bonds. The van der Waals surface area contributed by atoms with Crippen molar-refractivity contribution < 1.29 is 9.72 Å². The molecule has 1 N–H and O–H groups in total. The number of rotatable bonds is 4. The van der Waals surface area contributed by atoms with Crippen LogP contribution in [0, 0.1) is 16.0 Å². The smallest absolute Gasteiger partial charge is 0.269 e. The molecule has 2 rings (SSSR count). The summed E-state index contributed by atoms with van der Waals surface area (Å²) in [7, 11) is 0. The van der Waals surface area contributed by atoms with Crippen molar-refractivity contribution in [3.63, 3.8) is 0 Å². The zero-order valence-electron chi connectivity index (χ0n) is 9.00. The summed E-state index contributed by atoms with van der Waals surface area (Å²) in [6, 6.07) is 5.93. The Kier molecular flexibility index (Phi) is 3.13. The van der Waals surface area contributed by atoms with Gasteiger partial charge in [0.1, 0.15) is 0 Å². The zero-order valence-corrected chi connectivity index (χ0v) is 9.00. The lowest BCUT2D eigenvalue weighted by molar-refractivity contribution is -0.384. The Bertz CT molecular complexity index is 463. The molecule has 88 valence electrons. The topological polar surface area (TPSA) is 84.6 Å². The maximum atomic E-state index is 11.2. The van der Waals surface area contributed by atoms with Crippen molar-refractivity contribution in [3.05, 3.63) is 39.9 Å². The predicted molar refractivity (Wildman–Crippen MR) is 61.6 cm³/mol. The fourth-order valence-electron chi connectivity index (χ4n) is 1.29. The second-order valence-corrected chi connectivity index (χ2v) is 3.86. The summed E-state index contributed by atoms with van der Waals surface area (Å²) in [5.74, 6) is 0.0483. The second-order valence-electron chi connectivity index (χ2n) is 3.86. The highest BCUT2D eigenvalue weighted by molar-refractivity contribution is 5.84. The largest absolute Gasteiger partial charge is 0.273 e. The number of nitro benzene ring substituents is 1. The van der Waals surface area contributed by atoms with Crippen LogP contribution in [0.2, 0.25) is 0 Å². The number of non-ortho nitro benzene ring substituents is 1. The first-order valence-electron chi connectivity index (χ1n) is 5.24. The second kappa shape index (κ2) is 4.73. The van der Waals surface area contributed by atoms with E-state index >= 15 is 0 Å². The van der Waals surface area contributed by atoms with E-state index in [4.69, 9.17) is 0 Å². The van der Waals surface area contributed by atoms with Crippen LogP contribution in [0.5, 0.6) is 0 Å². The van der Waals surface area contributed by atoms with Crippen molar-refractivity contribution >= 4 is 17.8 Å². The molecule has 6 nitrogen and oxygen atoms in total. The molecule has 1 saturated carbocycles. The Balaban J connectivity index is 1.91. The third-order valence-corrected chi connectivity index (χ3v) is 2.44. The molecule has 1 fully saturated rings. The lowest BCUT2D eigenvalue weighted by Gasteiger charge is -1.96. The Hall–Kier alpha value is -2.24. The fourth-order valence-corrected chi connectivity index (χ4v) is 1.29. The first-order valence-corrected chi connectivity index (χ1v) is 5.24. The van der Waals surface area contributed by atoms with Gasteiger partial charge in [-0.1, -0.05) is 0 Å². The van der Waals surface area contributed by atoms with Crippen LogP contribution in [-0.2, 0) is 4.79 Å². The zero-order chi connectivity index (χ0) is 12.3. The summed E-state index contributed by atoms with van der Waals surface area (Å²) < 4.78 is 0. The summed E-state index contributed by atoms with van der Waals surface area (Å²) >= 11 is 0. The van der Waals surface area contributed by atoms with E-state index in [1.807, 2.05) is 0 Å². The molecular weight excluding hydrogens is 222 g/mol. The number of benzene rings is 1. The molecule has 1 aliphatic carbocycles. The van der Waals surface area contributed by atoms with Gasteiger partial charge in [-0.25, -0.2) is 5.43 Å². The molecule has 6 heteroatoms. The molecule has 17 heavy (non-hydrogen) atoms. The van der Waals surface area contributed by atoms with Gasteiger partial charge < -0.3 is 0 Å². The van der Waals surface area contributed by atoms with Gasteiger partial charge in [-0.2, -0.15) is 5.10 Å². The molecule has 0 aliphatic heterocycles. The Morgan fingerprint density at radius 3 is 2.59 bits per heavy atom. The molecule has 1 aliphatic rings. The van der Waals surface area contributed by atoms with E-state index in [1.165, 1.54) is 18.3 Å². The minimum absolute atomic E-state index is 0.0316. The minimum Gasteiger partial charge on any atom is -0.273 e. The van der Waals surface area contributed by atoms with Crippen LogP contribution >= 0.6 is 0 Å². The molecule has 0 aromatic heterocycles. The van der Waals surface area contributed by atoms with Crippen LogP contribution in [-0.4, -0.2) is 17.0 Å². The van der Waals surface area contributed by atoms with E-state index in [-0.39, 0.29) is 17.5 Å². The summed E-state index contributed by atoms with van der Waals surface area (Å²) in [6.07, 6.45) is 3.32. The summed E-state index contributed by atoms with van der Waals surface area (Å²) in [4.78, 5) is 21.2. The highest BCUT2D eigenvalue weighted by Crippen LogP contribution is 2.28. The van der Waals surface area contributed by atoms with Crippen LogP contribution in [0.4, 0.5) is 5.69 Å². The highest BCUT2D eigenvalue weighted by atomic mass is 16.6. The fraction of sp³-hybridized carbons (Fsp3) is 0.273. The van der Waals surface area contributed by atoms with Gasteiger partial charge in [-0.15, -0.1) is 0 Å². The normalized spacial score (nSPS) is 14.8. The molecular formula is C11H11N3O3.